The fourth-order valence-electron chi connectivity index (χ4n) is 4.65. The number of hydrogen-bond donors (Lipinski definition) is 1. The monoisotopic (exact) mass is 471 g/mol. The number of ether oxygens (including phenoxy) is 4. The van der Waals surface area contributed by atoms with Crippen LogP contribution < -0.4 is 14.8 Å². The van der Waals surface area contributed by atoms with E-state index >= 15 is 0 Å². The van der Waals surface area contributed by atoms with E-state index in [0.29, 0.717) is 52.4 Å². The van der Waals surface area contributed by atoms with Gasteiger partial charge in [0.05, 0.1) is 33.0 Å². The third-order valence-corrected chi connectivity index (χ3v) is 6.59. The molecule has 34 heavy (non-hydrogen) atoms. The highest BCUT2D eigenvalue weighted by Crippen LogP contribution is 2.46. The fourth-order valence-corrected chi connectivity index (χ4v) is 4.65. The molecule has 0 unspecified atom stereocenters. The standard InChI is InChI=1S/C26H33NO7/c1-8-14(3)34-26(30)21-15(4)27-17-11-13(2)20(25(29)33-7)24(28)23(17)22(21)16-9-10-18(31-5)19(12-16)32-6/h9-10,12-14,20,22,27H,8,11H2,1-7H3/t13-,14-,20-,22+/m1/s1. The van der Waals surface area contributed by atoms with Crippen LogP contribution in [0.4, 0.5) is 0 Å². The predicted octanol–water partition coefficient (Wildman–Crippen LogP) is 3.66. The molecule has 0 saturated heterocycles. The van der Waals surface area contributed by atoms with E-state index in [1.165, 1.54) is 21.3 Å². The maximum absolute atomic E-state index is 13.8. The van der Waals surface area contributed by atoms with Crippen molar-refractivity contribution in [2.45, 2.75) is 52.6 Å². The van der Waals surface area contributed by atoms with Crippen molar-refractivity contribution in [1.82, 2.24) is 5.32 Å². The Morgan fingerprint density at radius 3 is 2.41 bits per heavy atom. The van der Waals surface area contributed by atoms with E-state index in [9.17, 15) is 14.4 Å². The van der Waals surface area contributed by atoms with Gasteiger partial charge in [-0.15, -0.1) is 0 Å². The first-order valence-electron chi connectivity index (χ1n) is 11.4. The fraction of sp³-hybridized carbons (Fsp3) is 0.500. The lowest BCUT2D eigenvalue weighted by Gasteiger charge is -2.38. The molecule has 0 radical (unpaired) electrons. The van der Waals surface area contributed by atoms with Gasteiger partial charge in [0.1, 0.15) is 5.92 Å². The van der Waals surface area contributed by atoms with Crippen molar-refractivity contribution in [2.24, 2.45) is 11.8 Å². The largest absolute Gasteiger partial charge is 0.493 e. The first-order chi connectivity index (χ1) is 16.2. The minimum Gasteiger partial charge on any atom is -0.493 e. The van der Waals surface area contributed by atoms with Crippen LogP contribution in [0.2, 0.25) is 0 Å². The topological polar surface area (TPSA) is 100 Å². The van der Waals surface area contributed by atoms with Gasteiger partial charge >= 0.3 is 11.9 Å². The summed E-state index contributed by atoms with van der Waals surface area (Å²) in [6.07, 6.45) is 0.830. The van der Waals surface area contributed by atoms with Crippen LogP contribution in [0.3, 0.4) is 0 Å². The summed E-state index contributed by atoms with van der Waals surface area (Å²) in [6.45, 7) is 7.40. The van der Waals surface area contributed by atoms with Crippen molar-refractivity contribution in [2.75, 3.05) is 21.3 Å². The van der Waals surface area contributed by atoms with Gasteiger partial charge in [-0.1, -0.05) is 19.9 Å². The summed E-state index contributed by atoms with van der Waals surface area (Å²) in [5, 5.41) is 3.26. The quantitative estimate of drug-likeness (QED) is 0.475. The predicted molar refractivity (Wildman–Crippen MR) is 125 cm³/mol. The first-order valence-corrected chi connectivity index (χ1v) is 11.4. The number of benzene rings is 1. The Bertz CT molecular complexity index is 1060. The molecule has 8 heteroatoms. The number of hydrogen-bond acceptors (Lipinski definition) is 8. The second-order valence-electron chi connectivity index (χ2n) is 8.77. The summed E-state index contributed by atoms with van der Waals surface area (Å²) in [6, 6.07) is 5.28. The van der Waals surface area contributed by atoms with Crippen molar-refractivity contribution >= 4 is 17.7 Å². The number of carbonyl (C=O) groups is 3. The highest BCUT2D eigenvalue weighted by atomic mass is 16.5. The molecule has 1 aliphatic heterocycles. The molecule has 4 atom stereocenters. The average molecular weight is 472 g/mol. The summed E-state index contributed by atoms with van der Waals surface area (Å²) in [7, 11) is 4.33. The molecule has 0 amide bonds. The van der Waals surface area contributed by atoms with Gasteiger partial charge in [0.15, 0.2) is 17.3 Å². The van der Waals surface area contributed by atoms with Gasteiger partial charge in [-0.05, 0) is 50.3 Å². The van der Waals surface area contributed by atoms with Crippen LogP contribution in [-0.4, -0.2) is 45.2 Å². The van der Waals surface area contributed by atoms with Crippen LogP contribution in [0.15, 0.2) is 40.7 Å². The van der Waals surface area contributed by atoms with Crippen molar-refractivity contribution < 1.29 is 33.3 Å². The van der Waals surface area contributed by atoms with Crippen LogP contribution in [-0.2, 0) is 23.9 Å². The summed E-state index contributed by atoms with van der Waals surface area (Å²) >= 11 is 0. The van der Waals surface area contributed by atoms with Crippen molar-refractivity contribution in [3.8, 4) is 11.5 Å². The van der Waals surface area contributed by atoms with Gasteiger partial charge in [0.25, 0.3) is 0 Å². The molecule has 3 rings (SSSR count). The van der Waals surface area contributed by atoms with E-state index in [-0.39, 0.29) is 17.8 Å². The molecular weight excluding hydrogens is 438 g/mol. The Balaban J connectivity index is 2.21. The SMILES string of the molecule is CC[C@@H](C)OC(=O)C1=C(C)NC2=C(C(=O)[C@H](C(=O)OC)[C@H](C)C2)[C@H]1c1ccc(OC)c(OC)c1. The maximum Gasteiger partial charge on any atom is 0.337 e. The lowest BCUT2D eigenvalue weighted by molar-refractivity contribution is -0.151. The van der Waals surface area contributed by atoms with E-state index in [1.54, 1.807) is 25.1 Å². The molecule has 1 aromatic rings. The number of Topliss-reactive ketones (excluding diaryl/α,β-unsaturated/α-hetero) is 1. The molecule has 1 heterocycles. The lowest BCUT2D eigenvalue weighted by Crippen LogP contribution is -2.43. The molecule has 2 aliphatic rings. The van der Waals surface area contributed by atoms with E-state index in [1.807, 2.05) is 20.8 Å². The summed E-state index contributed by atoms with van der Waals surface area (Å²) in [5.74, 6) is -2.38. The highest BCUT2D eigenvalue weighted by Gasteiger charge is 2.47. The molecule has 0 fully saturated rings. The first kappa shape index (κ1) is 25.3. The summed E-state index contributed by atoms with van der Waals surface area (Å²) < 4.78 is 21.5. The highest BCUT2D eigenvalue weighted by molar-refractivity contribution is 6.12. The molecule has 0 spiro atoms. The van der Waals surface area contributed by atoms with Gasteiger partial charge in [0.2, 0.25) is 0 Å². The summed E-state index contributed by atoms with van der Waals surface area (Å²) in [4.78, 5) is 39.6. The number of rotatable bonds is 7. The van der Waals surface area contributed by atoms with Gasteiger partial charge in [-0.25, -0.2) is 4.79 Å². The molecule has 1 N–H and O–H groups in total. The third-order valence-electron chi connectivity index (χ3n) is 6.59. The van der Waals surface area contributed by atoms with E-state index < -0.39 is 23.8 Å². The molecule has 1 aliphatic carbocycles. The summed E-state index contributed by atoms with van der Waals surface area (Å²) in [5.41, 5.74) is 2.69. The van der Waals surface area contributed by atoms with E-state index in [2.05, 4.69) is 5.32 Å². The molecule has 184 valence electrons. The van der Waals surface area contributed by atoms with Gasteiger partial charge in [0, 0.05) is 22.9 Å². The Morgan fingerprint density at radius 2 is 1.82 bits per heavy atom. The second-order valence-corrected chi connectivity index (χ2v) is 8.77. The second kappa shape index (κ2) is 10.3. The molecule has 0 aromatic heterocycles. The number of esters is 2. The molecule has 8 nitrogen and oxygen atoms in total. The van der Waals surface area contributed by atoms with Crippen molar-refractivity contribution in [3.63, 3.8) is 0 Å². The van der Waals surface area contributed by atoms with E-state index in [0.717, 1.165) is 0 Å². The van der Waals surface area contributed by atoms with Crippen molar-refractivity contribution in [1.29, 1.82) is 0 Å². The Hall–Kier alpha value is -3.29. The van der Waals surface area contributed by atoms with Crippen LogP contribution in [0.5, 0.6) is 11.5 Å². The molecule has 1 aromatic carbocycles. The Kier molecular flexibility index (Phi) is 7.69. The van der Waals surface area contributed by atoms with Gasteiger partial charge in [-0.2, -0.15) is 0 Å². The van der Waals surface area contributed by atoms with Crippen LogP contribution >= 0.6 is 0 Å². The molecule has 0 saturated carbocycles. The zero-order valence-corrected chi connectivity index (χ0v) is 20.8. The van der Waals surface area contributed by atoms with Crippen LogP contribution in [0.25, 0.3) is 0 Å². The van der Waals surface area contributed by atoms with Gasteiger partial charge in [-0.3, -0.25) is 9.59 Å². The number of allylic oxidation sites excluding steroid dienone is 3. The molecular formula is C26H33NO7. The Morgan fingerprint density at radius 1 is 1.15 bits per heavy atom. The normalized spacial score (nSPS) is 23.0. The third kappa shape index (κ3) is 4.54. The molecule has 0 bridgehead atoms. The lowest BCUT2D eigenvalue weighted by atomic mass is 9.69. The van der Waals surface area contributed by atoms with Crippen LogP contribution in [0, 0.1) is 11.8 Å². The minimum atomic E-state index is -0.946. The van der Waals surface area contributed by atoms with Gasteiger partial charge < -0.3 is 24.3 Å². The number of methoxy groups -OCH3 is 3. The van der Waals surface area contributed by atoms with E-state index in [4.69, 9.17) is 18.9 Å². The van der Waals surface area contributed by atoms with Crippen LogP contribution in [0.1, 0.15) is 52.0 Å². The number of dihydropyridines is 1. The minimum absolute atomic E-state index is 0.251. The maximum atomic E-state index is 13.8. The number of carbonyl (C=O) groups excluding carboxylic acids is 3. The zero-order valence-electron chi connectivity index (χ0n) is 20.8. The Labute approximate surface area is 200 Å². The number of ketones is 1. The van der Waals surface area contributed by atoms with Crippen molar-refractivity contribution in [3.05, 3.63) is 46.3 Å². The zero-order chi connectivity index (χ0) is 25.2. The average Bonchev–Trinajstić information content (AvgIpc) is 2.82. The smallest absolute Gasteiger partial charge is 0.337 e. The number of nitrogens with one attached hydrogen (secondary N) is 1.